The maximum atomic E-state index is 12.2. The van der Waals surface area contributed by atoms with Gasteiger partial charge in [0.25, 0.3) is 0 Å². The second-order valence-corrected chi connectivity index (χ2v) is 6.08. The third-order valence-corrected chi connectivity index (χ3v) is 4.25. The zero-order chi connectivity index (χ0) is 19.1. The summed E-state index contributed by atoms with van der Waals surface area (Å²) in [5.74, 6) is 1.26. The van der Waals surface area contributed by atoms with Gasteiger partial charge in [-0.2, -0.15) is 5.10 Å². The van der Waals surface area contributed by atoms with Crippen molar-refractivity contribution in [2.24, 2.45) is 0 Å². The Balaban J connectivity index is 1.48. The van der Waals surface area contributed by atoms with Crippen molar-refractivity contribution in [1.82, 2.24) is 15.1 Å². The first-order valence-corrected chi connectivity index (χ1v) is 8.76. The Morgan fingerprint density at radius 1 is 1.04 bits per heavy atom. The largest absolute Gasteiger partial charge is 0.493 e. The second-order valence-electron chi connectivity index (χ2n) is 6.08. The van der Waals surface area contributed by atoms with Gasteiger partial charge in [0.15, 0.2) is 11.5 Å². The van der Waals surface area contributed by atoms with Gasteiger partial charge in [-0.3, -0.25) is 4.79 Å². The van der Waals surface area contributed by atoms with Crippen LogP contribution < -0.4 is 14.8 Å². The molecule has 0 unspecified atom stereocenters. The van der Waals surface area contributed by atoms with E-state index in [1.807, 2.05) is 47.3 Å². The summed E-state index contributed by atoms with van der Waals surface area (Å²) in [6, 6.07) is 15.5. The number of amides is 1. The topological polar surface area (TPSA) is 65.4 Å². The van der Waals surface area contributed by atoms with E-state index in [9.17, 15) is 4.79 Å². The van der Waals surface area contributed by atoms with Crippen molar-refractivity contribution in [3.8, 4) is 17.2 Å². The van der Waals surface area contributed by atoms with Crippen LogP contribution in [0.1, 0.15) is 11.1 Å². The van der Waals surface area contributed by atoms with Gasteiger partial charge in [-0.1, -0.05) is 18.2 Å². The molecule has 0 aliphatic carbocycles. The minimum absolute atomic E-state index is 0.0182. The number of aromatic nitrogens is 2. The molecule has 1 N–H and O–H groups in total. The number of hydrogen-bond donors (Lipinski definition) is 1. The van der Waals surface area contributed by atoms with Crippen molar-refractivity contribution in [2.45, 2.75) is 12.8 Å². The number of carbonyl (C=O) groups is 1. The number of ether oxygens (including phenoxy) is 2. The number of nitrogens with zero attached hydrogens (tertiary/aromatic N) is 2. The molecule has 0 radical (unpaired) electrons. The predicted octanol–water partition coefficient (Wildman–Crippen LogP) is 2.79. The molecule has 140 valence electrons. The van der Waals surface area contributed by atoms with E-state index in [-0.39, 0.29) is 5.91 Å². The van der Waals surface area contributed by atoms with E-state index in [0.29, 0.717) is 24.5 Å². The van der Waals surface area contributed by atoms with Crippen LogP contribution in [0.5, 0.6) is 11.5 Å². The number of nitrogens with one attached hydrogen (secondary N) is 1. The number of benzene rings is 2. The molecule has 1 amide bonds. The van der Waals surface area contributed by atoms with Crippen LogP contribution in [0.3, 0.4) is 0 Å². The first-order valence-electron chi connectivity index (χ1n) is 8.76. The molecule has 0 atom stereocenters. The molecular formula is C21H23N3O3. The maximum absolute atomic E-state index is 12.2. The van der Waals surface area contributed by atoms with Gasteiger partial charge in [0.2, 0.25) is 5.91 Å². The Morgan fingerprint density at radius 3 is 2.44 bits per heavy atom. The van der Waals surface area contributed by atoms with Crippen molar-refractivity contribution in [3.63, 3.8) is 0 Å². The van der Waals surface area contributed by atoms with Crippen LogP contribution in [0, 0.1) is 0 Å². The van der Waals surface area contributed by atoms with E-state index in [0.717, 1.165) is 23.2 Å². The number of rotatable bonds is 8. The summed E-state index contributed by atoms with van der Waals surface area (Å²) >= 11 is 0. The molecule has 6 heteroatoms. The van der Waals surface area contributed by atoms with Crippen molar-refractivity contribution in [2.75, 3.05) is 20.8 Å². The van der Waals surface area contributed by atoms with Gasteiger partial charge in [0.05, 0.1) is 26.3 Å². The van der Waals surface area contributed by atoms with E-state index in [2.05, 4.69) is 22.5 Å². The molecule has 1 heterocycles. The maximum Gasteiger partial charge on any atom is 0.224 e. The molecule has 3 rings (SSSR count). The fraction of sp³-hybridized carbons (Fsp3) is 0.238. The Kier molecular flexibility index (Phi) is 6.10. The normalized spacial score (nSPS) is 10.4. The highest BCUT2D eigenvalue weighted by Gasteiger charge is 2.08. The molecule has 0 fully saturated rings. The van der Waals surface area contributed by atoms with E-state index < -0.39 is 0 Å². The van der Waals surface area contributed by atoms with Crippen molar-refractivity contribution >= 4 is 5.91 Å². The van der Waals surface area contributed by atoms with Crippen molar-refractivity contribution < 1.29 is 14.3 Å². The minimum Gasteiger partial charge on any atom is -0.493 e. The molecule has 6 nitrogen and oxygen atoms in total. The summed E-state index contributed by atoms with van der Waals surface area (Å²) in [6.07, 6.45) is 4.74. The van der Waals surface area contributed by atoms with Gasteiger partial charge in [0, 0.05) is 18.9 Å². The molecule has 0 saturated carbocycles. The zero-order valence-electron chi connectivity index (χ0n) is 15.5. The van der Waals surface area contributed by atoms with Crippen LogP contribution in [0.25, 0.3) is 5.69 Å². The first-order chi connectivity index (χ1) is 13.2. The van der Waals surface area contributed by atoms with Crippen LogP contribution >= 0.6 is 0 Å². The van der Waals surface area contributed by atoms with E-state index >= 15 is 0 Å². The quantitative estimate of drug-likeness (QED) is 0.667. The summed E-state index contributed by atoms with van der Waals surface area (Å²) in [7, 11) is 3.17. The Morgan fingerprint density at radius 2 is 1.78 bits per heavy atom. The molecule has 27 heavy (non-hydrogen) atoms. The lowest BCUT2D eigenvalue weighted by Crippen LogP contribution is -2.27. The molecule has 0 bridgehead atoms. The van der Waals surface area contributed by atoms with E-state index in [1.54, 1.807) is 20.4 Å². The zero-order valence-corrected chi connectivity index (χ0v) is 15.5. The molecule has 0 aliphatic rings. The lowest BCUT2D eigenvalue weighted by molar-refractivity contribution is -0.120. The Labute approximate surface area is 158 Å². The van der Waals surface area contributed by atoms with Crippen LogP contribution in [0.4, 0.5) is 0 Å². The SMILES string of the molecule is COc1ccc(CC(=O)NCCc2ccc(-n3cccn3)cc2)cc1OC. The van der Waals surface area contributed by atoms with Crippen LogP contribution in [-0.2, 0) is 17.6 Å². The third-order valence-electron chi connectivity index (χ3n) is 4.25. The van der Waals surface area contributed by atoms with Crippen molar-refractivity contribution in [3.05, 3.63) is 72.1 Å². The second kappa shape index (κ2) is 8.89. The van der Waals surface area contributed by atoms with Gasteiger partial charge in [0.1, 0.15) is 0 Å². The molecular weight excluding hydrogens is 342 g/mol. The van der Waals surface area contributed by atoms with Gasteiger partial charge >= 0.3 is 0 Å². The number of methoxy groups -OCH3 is 2. The number of carbonyl (C=O) groups excluding carboxylic acids is 1. The van der Waals surface area contributed by atoms with Gasteiger partial charge < -0.3 is 14.8 Å². The predicted molar refractivity (Wildman–Crippen MR) is 104 cm³/mol. The summed E-state index contributed by atoms with van der Waals surface area (Å²) in [6.45, 7) is 0.591. The van der Waals surface area contributed by atoms with Crippen LogP contribution in [0.15, 0.2) is 60.9 Å². The Bertz CT molecular complexity index is 874. The van der Waals surface area contributed by atoms with E-state index in [4.69, 9.17) is 9.47 Å². The molecule has 0 saturated heterocycles. The average Bonchev–Trinajstić information content (AvgIpc) is 3.23. The van der Waals surface area contributed by atoms with Gasteiger partial charge in [-0.05, 0) is 47.9 Å². The molecule has 1 aromatic heterocycles. The fourth-order valence-electron chi connectivity index (χ4n) is 2.82. The molecule has 0 spiro atoms. The highest BCUT2D eigenvalue weighted by atomic mass is 16.5. The number of hydrogen-bond acceptors (Lipinski definition) is 4. The van der Waals surface area contributed by atoms with Crippen LogP contribution in [0.2, 0.25) is 0 Å². The highest BCUT2D eigenvalue weighted by molar-refractivity contribution is 5.78. The monoisotopic (exact) mass is 365 g/mol. The first kappa shape index (κ1) is 18.5. The lowest BCUT2D eigenvalue weighted by Gasteiger charge is -2.10. The van der Waals surface area contributed by atoms with Gasteiger partial charge in [-0.25, -0.2) is 4.68 Å². The summed E-state index contributed by atoms with van der Waals surface area (Å²) in [5, 5.41) is 7.17. The fourth-order valence-corrected chi connectivity index (χ4v) is 2.82. The average molecular weight is 365 g/mol. The molecule has 3 aromatic rings. The smallest absolute Gasteiger partial charge is 0.224 e. The van der Waals surface area contributed by atoms with Crippen LogP contribution in [-0.4, -0.2) is 36.5 Å². The highest BCUT2D eigenvalue weighted by Crippen LogP contribution is 2.27. The summed E-state index contributed by atoms with van der Waals surface area (Å²) in [5.41, 5.74) is 3.06. The Hall–Kier alpha value is -3.28. The lowest BCUT2D eigenvalue weighted by atomic mass is 10.1. The van der Waals surface area contributed by atoms with E-state index in [1.165, 1.54) is 0 Å². The molecule has 2 aromatic carbocycles. The third kappa shape index (κ3) is 4.88. The minimum atomic E-state index is -0.0182. The van der Waals surface area contributed by atoms with Crippen molar-refractivity contribution in [1.29, 1.82) is 0 Å². The molecule has 0 aliphatic heterocycles. The van der Waals surface area contributed by atoms with Gasteiger partial charge in [-0.15, -0.1) is 0 Å². The summed E-state index contributed by atoms with van der Waals surface area (Å²) < 4.78 is 12.3. The standard InChI is InChI=1S/C21H23N3O3/c1-26-19-9-6-17(14-20(19)27-2)15-21(25)22-12-10-16-4-7-18(8-5-16)24-13-3-11-23-24/h3-9,11,13-14H,10,12,15H2,1-2H3,(H,22,25). The summed E-state index contributed by atoms with van der Waals surface area (Å²) in [4.78, 5) is 12.2.